The van der Waals surface area contributed by atoms with Gasteiger partial charge in [-0.3, -0.25) is 0 Å². The maximum atomic E-state index is 5.78. The van der Waals surface area contributed by atoms with Crippen molar-refractivity contribution in [1.82, 2.24) is 4.98 Å². The molecule has 0 aliphatic rings. The van der Waals surface area contributed by atoms with E-state index in [1.165, 1.54) is 7.11 Å². The maximum Gasteiger partial charge on any atom is 0.232 e. The molecule has 1 aromatic heterocycles. The molecule has 0 atom stereocenters. The van der Waals surface area contributed by atoms with E-state index in [4.69, 9.17) is 16.3 Å². The van der Waals surface area contributed by atoms with Crippen LogP contribution in [0.4, 0.5) is 5.69 Å². The molecule has 0 unspecified atom stereocenters. The predicted molar refractivity (Wildman–Crippen MR) is 45.3 cm³/mol. The fourth-order valence-electron chi connectivity index (χ4n) is 0.712. The maximum absolute atomic E-state index is 5.78. The van der Waals surface area contributed by atoms with Crippen LogP contribution in [-0.2, 0) is 0 Å². The number of ether oxygens (including phenoxy) is 1. The van der Waals surface area contributed by atoms with Gasteiger partial charge in [0.15, 0.2) is 0 Å². The molecule has 0 saturated heterocycles. The summed E-state index contributed by atoms with van der Waals surface area (Å²) in [6.45, 7) is 0. The van der Waals surface area contributed by atoms with Gasteiger partial charge in [0.1, 0.15) is 5.02 Å². The molecule has 0 spiro atoms. The molecule has 0 saturated carbocycles. The van der Waals surface area contributed by atoms with Crippen LogP contribution in [-0.4, -0.2) is 19.1 Å². The lowest BCUT2D eigenvalue weighted by Crippen LogP contribution is -1.92. The lowest BCUT2D eigenvalue weighted by Gasteiger charge is -2.03. The Labute approximate surface area is 70.3 Å². The molecule has 1 heterocycles. The number of pyridine rings is 1. The number of methoxy groups -OCH3 is 1. The average molecular weight is 173 g/mol. The lowest BCUT2D eigenvalue weighted by molar-refractivity contribution is 0.398. The summed E-state index contributed by atoms with van der Waals surface area (Å²) >= 11 is 5.78. The number of anilines is 1. The number of hydrogen-bond acceptors (Lipinski definition) is 3. The highest BCUT2D eigenvalue weighted by molar-refractivity contribution is 6.32. The van der Waals surface area contributed by atoms with Gasteiger partial charge in [0.25, 0.3) is 0 Å². The molecule has 0 aliphatic heterocycles. The summed E-state index contributed by atoms with van der Waals surface area (Å²) < 4.78 is 4.87. The predicted octanol–water partition coefficient (Wildman–Crippen LogP) is 1.79. The second kappa shape index (κ2) is 3.44. The Morgan fingerprint density at radius 1 is 1.64 bits per heavy atom. The van der Waals surface area contributed by atoms with Crippen LogP contribution in [0.5, 0.6) is 5.88 Å². The molecule has 3 nitrogen and oxygen atoms in total. The highest BCUT2D eigenvalue weighted by Gasteiger charge is 2.00. The van der Waals surface area contributed by atoms with Crippen LogP contribution >= 0.6 is 11.6 Å². The van der Waals surface area contributed by atoms with Gasteiger partial charge in [0.05, 0.1) is 19.0 Å². The molecule has 0 bridgehead atoms. The number of rotatable bonds is 2. The van der Waals surface area contributed by atoms with Crippen LogP contribution in [0.2, 0.25) is 5.02 Å². The molecule has 60 valence electrons. The summed E-state index contributed by atoms with van der Waals surface area (Å²) in [5.41, 5.74) is 0.871. The molecule has 1 N–H and O–H groups in total. The van der Waals surface area contributed by atoms with Crippen molar-refractivity contribution in [3.8, 4) is 5.88 Å². The van der Waals surface area contributed by atoms with Crippen LogP contribution in [0.1, 0.15) is 0 Å². The van der Waals surface area contributed by atoms with Gasteiger partial charge in [-0.05, 0) is 6.07 Å². The van der Waals surface area contributed by atoms with Crippen molar-refractivity contribution in [2.75, 3.05) is 19.5 Å². The fourth-order valence-corrected chi connectivity index (χ4v) is 0.956. The van der Waals surface area contributed by atoms with Crippen molar-refractivity contribution in [2.24, 2.45) is 0 Å². The van der Waals surface area contributed by atoms with Gasteiger partial charge < -0.3 is 10.1 Å². The summed E-state index contributed by atoms with van der Waals surface area (Å²) in [6.07, 6.45) is 1.66. The highest BCUT2D eigenvalue weighted by atomic mass is 35.5. The van der Waals surface area contributed by atoms with Crippen LogP contribution in [0.3, 0.4) is 0 Å². The minimum absolute atomic E-state index is 0.450. The highest BCUT2D eigenvalue weighted by Crippen LogP contribution is 2.23. The Morgan fingerprint density at radius 2 is 2.36 bits per heavy atom. The van der Waals surface area contributed by atoms with Crippen molar-refractivity contribution in [3.05, 3.63) is 17.3 Å². The van der Waals surface area contributed by atoms with Crippen LogP contribution in [0, 0.1) is 0 Å². The molecule has 4 heteroatoms. The van der Waals surface area contributed by atoms with E-state index in [1.54, 1.807) is 19.3 Å². The summed E-state index contributed by atoms with van der Waals surface area (Å²) in [6, 6.07) is 1.76. The van der Waals surface area contributed by atoms with Gasteiger partial charge in [-0.15, -0.1) is 0 Å². The van der Waals surface area contributed by atoms with Crippen LogP contribution < -0.4 is 10.1 Å². The Kier molecular flexibility index (Phi) is 2.54. The minimum atomic E-state index is 0.450. The second-order valence-electron chi connectivity index (χ2n) is 1.97. The summed E-state index contributed by atoms with van der Waals surface area (Å²) in [5, 5.41) is 3.43. The van der Waals surface area contributed by atoms with Crippen molar-refractivity contribution >= 4 is 17.3 Å². The van der Waals surface area contributed by atoms with E-state index in [0.717, 1.165) is 5.69 Å². The second-order valence-corrected chi connectivity index (χ2v) is 2.37. The normalized spacial score (nSPS) is 9.36. The van der Waals surface area contributed by atoms with Crippen molar-refractivity contribution in [2.45, 2.75) is 0 Å². The zero-order valence-corrected chi connectivity index (χ0v) is 7.14. The van der Waals surface area contributed by atoms with Crippen molar-refractivity contribution in [1.29, 1.82) is 0 Å². The Hall–Kier alpha value is -0.960. The van der Waals surface area contributed by atoms with E-state index in [1.807, 2.05) is 0 Å². The van der Waals surface area contributed by atoms with Gasteiger partial charge in [-0.2, -0.15) is 0 Å². The van der Waals surface area contributed by atoms with E-state index in [0.29, 0.717) is 10.9 Å². The van der Waals surface area contributed by atoms with Gasteiger partial charge in [0, 0.05) is 7.05 Å². The molecule has 0 fully saturated rings. The Balaban J connectivity index is 2.99. The zero-order chi connectivity index (χ0) is 8.27. The molecule has 0 radical (unpaired) electrons. The zero-order valence-electron chi connectivity index (χ0n) is 6.39. The van der Waals surface area contributed by atoms with Crippen molar-refractivity contribution in [3.63, 3.8) is 0 Å². The number of hydrogen-bond donors (Lipinski definition) is 1. The third-order valence-electron chi connectivity index (χ3n) is 1.29. The molecular weight excluding hydrogens is 164 g/mol. The molecule has 1 rings (SSSR count). The summed E-state index contributed by atoms with van der Waals surface area (Å²) in [4.78, 5) is 3.95. The standard InChI is InChI=1S/C7H9ClN2O/c1-9-5-3-6(8)7(11-2)10-4-5/h3-4,9H,1-2H3. The van der Waals surface area contributed by atoms with Gasteiger partial charge in [0.2, 0.25) is 5.88 Å². The van der Waals surface area contributed by atoms with Crippen LogP contribution in [0.25, 0.3) is 0 Å². The fraction of sp³-hybridized carbons (Fsp3) is 0.286. The van der Waals surface area contributed by atoms with Gasteiger partial charge in [-0.1, -0.05) is 11.6 Å². The first-order chi connectivity index (χ1) is 5.27. The Bertz CT molecular complexity index is 252. The first kappa shape index (κ1) is 8.14. The number of aromatic nitrogens is 1. The minimum Gasteiger partial charge on any atom is -0.480 e. The van der Waals surface area contributed by atoms with Gasteiger partial charge in [-0.25, -0.2) is 4.98 Å². The average Bonchev–Trinajstić information content (AvgIpc) is 2.04. The molecule has 1 aromatic rings. The Morgan fingerprint density at radius 3 is 2.82 bits per heavy atom. The number of halogens is 1. The molecule has 0 aromatic carbocycles. The molecule has 0 amide bonds. The third kappa shape index (κ3) is 1.74. The third-order valence-corrected chi connectivity index (χ3v) is 1.56. The summed E-state index contributed by atoms with van der Waals surface area (Å²) in [7, 11) is 3.34. The SMILES string of the molecule is CNc1cnc(OC)c(Cl)c1. The topological polar surface area (TPSA) is 34.2 Å². The lowest BCUT2D eigenvalue weighted by atomic mass is 10.4. The largest absolute Gasteiger partial charge is 0.480 e. The first-order valence-electron chi connectivity index (χ1n) is 3.15. The van der Waals surface area contributed by atoms with E-state index in [9.17, 15) is 0 Å². The van der Waals surface area contributed by atoms with E-state index in [2.05, 4.69) is 10.3 Å². The summed E-state index contributed by atoms with van der Waals surface area (Å²) in [5.74, 6) is 0.450. The number of nitrogens with zero attached hydrogens (tertiary/aromatic N) is 1. The van der Waals surface area contributed by atoms with E-state index in [-0.39, 0.29) is 0 Å². The van der Waals surface area contributed by atoms with E-state index >= 15 is 0 Å². The smallest absolute Gasteiger partial charge is 0.232 e. The van der Waals surface area contributed by atoms with Crippen LogP contribution in [0.15, 0.2) is 12.3 Å². The van der Waals surface area contributed by atoms with E-state index < -0.39 is 0 Å². The van der Waals surface area contributed by atoms with Gasteiger partial charge >= 0.3 is 0 Å². The molecule has 0 aliphatic carbocycles. The van der Waals surface area contributed by atoms with Crippen molar-refractivity contribution < 1.29 is 4.74 Å². The molecular formula is C7H9ClN2O. The first-order valence-corrected chi connectivity index (χ1v) is 3.53. The number of nitrogens with one attached hydrogen (secondary N) is 1. The quantitative estimate of drug-likeness (QED) is 0.739. The monoisotopic (exact) mass is 172 g/mol. The molecule has 11 heavy (non-hydrogen) atoms.